The van der Waals surface area contributed by atoms with Crippen molar-refractivity contribution in [3.63, 3.8) is 0 Å². The third-order valence-corrected chi connectivity index (χ3v) is 4.11. The summed E-state index contributed by atoms with van der Waals surface area (Å²) in [6.07, 6.45) is 0.152. The normalized spacial score (nSPS) is 25.5. The minimum atomic E-state index is -1.19. The van der Waals surface area contributed by atoms with Gasteiger partial charge in [0, 0.05) is 32.6 Å². The molecule has 8 heteroatoms. The van der Waals surface area contributed by atoms with E-state index in [4.69, 9.17) is 10.5 Å². The van der Waals surface area contributed by atoms with Crippen LogP contribution in [0.25, 0.3) is 0 Å². The first kappa shape index (κ1) is 15.3. The standard InChI is InChI=1S/C15H18N4O4/c1-19(2)13(21)8-3-4-9-11(5-8)23-15(14(22)18-9)6-10(12(16)20)17-7-15/h3-5,10,17H,6-7H2,1-2H3,(H2,16,20)(H,18,22)/t10-,15+/m0/s1. The van der Waals surface area contributed by atoms with Crippen LogP contribution in [0.4, 0.5) is 5.69 Å². The first-order chi connectivity index (χ1) is 10.8. The highest BCUT2D eigenvalue weighted by molar-refractivity contribution is 6.03. The number of hydrogen-bond acceptors (Lipinski definition) is 5. The van der Waals surface area contributed by atoms with Crippen molar-refractivity contribution in [3.8, 4) is 5.75 Å². The molecule has 23 heavy (non-hydrogen) atoms. The Labute approximate surface area is 133 Å². The zero-order valence-corrected chi connectivity index (χ0v) is 12.9. The van der Waals surface area contributed by atoms with Crippen LogP contribution in [-0.4, -0.2) is 54.9 Å². The van der Waals surface area contributed by atoms with Crippen molar-refractivity contribution in [2.75, 3.05) is 26.0 Å². The van der Waals surface area contributed by atoms with E-state index in [1.54, 1.807) is 32.3 Å². The summed E-state index contributed by atoms with van der Waals surface area (Å²) >= 11 is 0. The number of fused-ring (bicyclic) bond motifs is 1. The van der Waals surface area contributed by atoms with Gasteiger partial charge in [0.2, 0.25) is 11.5 Å². The van der Waals surface area contributed by atoms with E-state index in [0.717, 1.165) is 0 Å². The predicted molar refractivity (Wildman–Crippen MR) is 82.1 cm³/mol. The van der Waals surface area contributed by atoms with E-state index in [0.29, 0.717) is 17.0 Å². The Kier molecular flexibility index (Phi) is 3.48. The van der Waals surface area contributed by atoms with E-state index in [2.05, 4.69) is 10.6 Å². The second-order valence-electron chi connectivity index (χ2n) is 6.00. The van der Waals surface area contributed by atoms with E-state index < -0.39 is 17.6 Å². The summed E-state index contributed by atoms with van der Waals surface area (Å²) < 4.78 is 5.89. The Morgan fingerprint density at radius 3 is 2.74 bits per heavy atom. The summed E-state index contributed by atoms with van der Waals surface area (Å²) in [6.45, 7) is 0.178. The summed E-state index contributed by atoms with van der Waals surface area (Å²) in [4.78, 5) is 37.2. The molecule has 1 saturated heterocycles. The average Bonchev–Trinajstić information content (AvgIpc) is 2.92. The van der Waals surface area contributed by atoms with Crippen LogP contribution in [0.5, 0.6) is 5.75 Å². The second-order valence-corrected chi connectivity index (χ2v) is 6.00. The van der Waals surface area contributed by atoms with Gasteiger partial charge in [-0.25, -0.2) is 0 Å². The predicted octanol–water partition coefficient (Wildman–Crippen LogP) is -0.695. The highest BCUT2D eigenvalue weighted by atomic mass is 16.5. The molecule has 3 rings (SSSR count). The number of nitrogens with two attached hydrogens (primary N) is 1. The molecule has 0 unspecified atom stereocenters. The van der Waals surface area contributed by atoms with Crippen molar-refractivity contribution in [1.82, 2.24) is 10.2 Å². The summed E-state index contributed by atoms with van der Waals surface area (Å²) in [6, 6.07) is 4.23. The van der Waals surface area contributed by atoms with Crippen LogP contribution >= 0.6 is 0 Å². The Bertz CT molecular complexity index is 703. The van der Waals surface area contributed by atoms with Crippen LogP contribution in [0.1, 0.15) is 16.8 Å². The Morgan fingerprint density at radius 2 is 2.13 bits per heavy atom. The molecule has 4 N–H and O–H groups in total. The fourth-order valence-corrected chi connectivity index (χ4v) is 2.81. The molecule has 8 nitrogen and oxygen atoms in total. The van der Waals surface area contributed by atoms with Gasteiger partial charge >= 0.3 is 0 Å². The smallest absolute Gasteiger partial charge is 0.270 e. The van der Waals surface area contributed by atoms with E-state index in [9.17, 15) is 14.4 Å². The topological polar surface area (TPSA) is 114 Å². The van der Waals surface area contributed by atoms with Gasteiger partial charge in [-0.3, -0.25) is 14.4 Å². The van der Waals surface area contributed by atoms with Crippen molar-refractivity contribution in [2.45, 2.75) is 18.1 Å². The van der Waals surface area contributed by atoms with Gasteiger partial charge in [0.15, 0.2) is 0 Å². The molecule has 2 aliphatic rings. The number of anilines is 1. The van der Waals surface area contributed by atoms with Crippen LogP contribution in [0.3, 0.4) is 0 Å². The molecule has 2 aliphatic heterocycles. The third kappa shape index (κ3) is 2.50. The molecule has 0 bridgehead atoms. The van der Waals surface area contributed by atoms with Crippen molar-refractivity contribution < 1.29 is 19.1 Å². The molecule has 1 fully saturated rings. The number of carbonyl (C=O) groups excluding carboxylic acids is 3. The number of carbonyl (C=O) groups is 3. The van der Waals surface area contributed by atoms with E-state index in [1.807, 2.05) is 0 Å². The summed E-state index contributed by atoms with van der Waals surface area (Å²) in [5.41, 5.74) is 5.05. The fourth-order valence-electron chi connectivity index (χ4n) is 2.81. The molecular formula is C15H18N4O4. The molecule has 0 radical (unpaired) electrons. The largest absolute Gasteiger partial charge is 0.474 e. The lowest BCUT2D eigenvalue weighted by atomic mass is 9.96. The quantitative estimate of drug-likeness (QED) is 0.667. The lowest BCUT2D eigenvalue weighted by molar-refractivity contribution is -0.131. The third-order valence-electron chi connectivity index (χ3n) is 4.11. The van der Waals surface area contributed by atoms with E-state index >= 15 is 0 Å². The number of nitrogens with one attached hydrogen (secondary N) is 2. The van der Waals surface area contributed by atoms with Gasteiger partial charge < -0.3 is 26.0 Å². The lowest BCUT2D eigenvalue weighted by Gasteiger charge is -2.34. The van der Waals surface area contributed by atoms with Gasteiger partial charge in [-0.2, -0.15) is 0 Å². The number of hydrogen-bond donors (Lipinski definition) is 3. The van der Waals surface area contributed by atoms with Crippen molar-refractivity contribution in [1.29, 1.82) is 0 Å². The number of benzene rings is 1. The molecule has 2 heterocycles. The monoisotopic (exact) mass is 318 g/mol. The van der Waals surface area contributed by atoms with Gasteiger partial charge in [0.05, 0.1) is 11.7 Å². The molecule has 3 amide bonds. The molecule has 0 aromatic heterocycles. The number of primary amides is 1. The van der Waals surface area contributed by atoms with Crippen molar-refractivity contribution >= 4 is 23.4 Å². The first-order valence-corrected chi connectivity index (χ1v) is 7.21. The summed E-state index contributed by atoms with van der Waals surface area (Å²) in [5.74, 6) is -0.611. The number of rotatable bonds is 2. The lowest BCUT2D eigenvalue weighted by Crippen LogP contribution is -2.52. The average molecular weight is 318 g/mol. The van der Waals surface area contributed by atoms with Gasteiger partial charge in [-0.1, -0.05) is 0 Å². The van der Waals surface area contributed by atoms with Gasteiger partial charge in [-0.05, 0) is 18.2 Å². The maximum atomic E-state index is 12.4. The fraction of sp³-hybridized carbons (Fsp3) is 0.400. The molecule has 1 aromatic carbocycles. The Balaban J connectivity index is 1.92. The highest BCUT2D eigenvalue weighted by Gasteiger charge is 2.51. The molecular weight excluding hydrogens is 300 g/mol. The first-order valence-electron chi connectivity index (χ1n) is 7.21. The van der Waals surface area contributed by atoms with Crippen LogP contribution in [0, 0.1) is 0 Å². The Morgan fingerprint density at radius 1 is 1.39 bits per heavy atom. The molecule has 0 aliphatic carbocycles. The maximum Gasteiger partial charge on any atom is 0.270 e. The molecule has 1 spiro atoms. The Hall–Kier alpha value is -2.61. The molecule has 122 valence electrons. The van der Waals surface area contributed by atoms with Crippen molar-refractivity contribution in [2.24, 2.45) is 5.73 Å². The zero-order chi connectivity index (χ0) is 16.8. The van der Waals surface area contributed by atoms with Crippen LogP contribution in [-0.2, 0) is 9.59 Å². The second kappa shape index (κ2) is 5.24. The van der Waals surface area contributed by atoms with Gasteiger partial charge in [0.25, 0.3) is 11.8 Å². The summed E-state index contributed by atoms with van der Waals surface area (Å²) in [5, 5.41) is 5.66. The number of ether oxygens (including phenoxy) is 1. The summed E-state index contributed by atoms with van der Waals surface area (Å²) in [7, 11) is 3.31. The molecule has 0 saturated carbocycles. The minimum absolute atomic E-state index is 0.152. The number of amides is 3. The minimum Gasteiger partial charge on any atom is -0.474 e. The highest BCUT2D eigenvalue weighted by Crippen LogP contribution is 2.38. The van der Waals surface area contributed by atoms with E-state index in [1.165, 1.54) is 4.90 Å². The van der Waals surface area contributed by atoms with Gasteiger partial charge in [0.1, 0.15) is 5.75 Å². The molecule has 1 aromatic rings. The number of nitrogens with zero attached hydrogens (tertiary/aromatic N) is 1. The van der Waals surface area contributed by atoms with E-state index in [-0.39, 0.29) is 24.8 Å². The van der Waals surface area contributed by atoms with Crippen LogP contribution in [0.15, 0.2) is 18.2 Å². The maximum absolute atomic E-state index is 12.4. The van der Waals surface area contributed by atoms with Gasteiger partial charge in [-0.15, -0.1) is 0 Å². The SMILES string of the molecule is CN(C)C(=O)c1ccc2c(c1)O[C@]1(CN[C@H](C(N)=O)C1)C(=O)N2. The van der Waals surface area contributed by atoms with Crippen molar-refractivity contribution in [3.05, 3.63) is 23.8 Å². The van der Waals surface area contributed by atoms with Crippen LogP contribution in [0.2, 0.25) is 0 Å². The molecule has 2 atom stereocenters. The van der Waals surface area contributed by atoms with Crippen LogP contribution < -0.4 is 21.1 Å². The zero-order valence-electron chi connectivity index (χ0n) is 12.9.